The van der Waals surface area contributed by atoms with Gasteiger partial charge in [-0.1, -0.05) is 36.4 Å². The lowest BCUT2D eigenvalue weighted by atomic mass is 10.2. The van der Waals surface area contributed by atoms with E-state index in [1.54, 1.807) is 19.2 Å². The van der Waals surface area contributed by atoms with Crippen molar-refractivity contribution in [2.75, 3.05) is 26.7 Å². The van der Waals surface area contributed by atoms with E-state index in [9.17, 15) is 4.79 Å². The third-order valence-corrected chi connectivity index (χ3v) is 3.68. The predicted molar refractivity (Wildman–Crippen MR) is 105 cm³/mol. The summed E-state index contributed by atoms with van der Waals surface area (Å²) in [6.07, 6.45) is 0. The lowest BCUT2D eigenvalue weighted by Crippen LogP contribution is -2.41. The van der Waals surface area contributed by atoms with Gasteiger partial charge < -0.3 is 20.7 Å². The van der Waals surface area contributed by atoms with Crippen LogP contribution in [0.3, 0.4) is 0 Å². The molecule has 0 bridgehead atoms. The summed E-state index contributed by atoms with van der Waals surface area (Å²) in [5.41, 5.74) is 1.72. The Bertz CT molecular complexity index is 717. The fraction of sp³-hybridized carbons (Fsp3) is 0.300. The summed E-state index contributed by atoms with van der Waals surface area (Å²) in [5, 5.41) is 9.31. The van der Waals surface area contributed by atoms with E-state index in [4.69, 9.17) is 4.74 Å². The molecule has 3 N–H and O–H groups in total. The van der Waals surface area contributed by atoms with Crippen LogP contribution in [0.15, 0.2) is 59.6 Å². The Hall–Kier alpha value is -3.02. The van der Waals surface area contributed by atoms with Crippen molar-refractivity contribution in [2.45, 2.75) is 13.5 Å². The third-order valence-electron chi connectivity index (χ3n) is 3.68. The summed E-state index contributed by atoms with van der Waals surface area (Å²) < 4.78 is 5.62. The lowest BCUT2D eigenvalue weighted by molar-refractivity contribution is 0.0954. The number of hydrogen-bond donors (Lipinski definition) is 3. The second kappa shape index (κ2) is 10.8. The summed E-state index contributed by atoms with van der Waals surface area (Å²) in [4.78, 5) is 16.2. The topological polar surface area (TPSA) is 74.8 Å². The summed E-state index contributed by atoms with van der Waals surface area (Å²) in [5.74, 6) is 1.46. The van der Waals surface area contributed by atoms with Crippen molar-refractivity contribution < 1.29 is 9.53 Å². The fourth-order valence-electron chi connectivity index (χ4n) is 2.39. The van der Waals surface area contributed by atoms with Gasteiger partial charge in [-0.2, -0.15) is 0 Å². The molecule has 0 saturated carbocycles. The van der Waals surface area contributed by atoms with Crippen molar-refractivity contribution >= 4 is 11.9 Å². The first-order chi connectivity index (χ1) is 12.7. The van der Waals surface area contributed by atoms with E-state index in [0.29, 0.717) is 37.8 Å². The van der Waals surface area contributed by atoms with E-state index >= 15 is 0 Å². The van der Waals surface area contributed by atoms with Gasteiger partial charge in [0.1, 0.15) is 5.75 Å². The van der Waals surface area contributed by atoms with Gasteiger partial charge in [-0.05, 0) is 25.1 Å². The number of carbonyl (C=O) groups is 1. The lowest BCUT2D eigenvalue weighted by Gasteiger charge is -2.14. The minimum Gasteiger partial charge on any atom is -0.494 e. The van der Waals surface area contributed by atoms with Crippen LogP contribution < -0.4 is 20.7 Å². The number of nitrogens with zero attached hydrogens (tertiary/aromatic N) is 1. The Kier molecular flexibility index (Phi) is 7.99. The van der Waals surface area contributed by atoms with E-state index in [0.717, 1.165) is 11.3 Å². The van der Waals surface area contributed by atoms with Crippen molar-refractivity contribution in [3.8, 4) is 5.75 Å². The molecule has 6 heteroatoms. The van der Waals surface area contributed by atoms with Gasteiger partial charge >= 0.3 is 0 Å². The molecule has 0 atom stereocenters. The first-order valence-electron chi connectivity index (χ1n) is 8.73. The number of guanidine groups is 1. The Morgan fingerprint density at radius 3 is 2.38 bits per heavy atom. The minimum atomic E-state index is -0.0824. The number of nitrogens with one attached hydrogen (secondary N) is 3. The van der Waals surface area contributed by atoms with E-state index in [1.807, 2.05) is 49.4 Å². The average Bonchev–Trinajstić information content (AvgIpc) is 2.69. The molecule has 0 aliphatic carbocycles. The van der Waals surface area contributed by atoms with Crippen molar-refractivity contribution in [1.29, 1.82) is 0 Å². The molecule has 6 nitrogen and oxygen atoms in total. The molecule has 0 aromatic heterocycles. The molecule has 0 aliphatic rings. The van der Waals surface area contributed by atoms with E-state index in [2.05, 4.69) is 20.9 Å². The SMILES string of the molecule is CCOc1ccccc1CNC(=NC)NCCNC(=O)c1ccccc1. The maximum atomic E-state index is 12.0. The second-order valence-electron chi connectivity index (χ2n) is 5.52. The zero-order valence-corrected chi connectivity index (χ0v) is 15.3. The van der Waals surface area contributed by atoms with Gasteiger partial charge in [0.2, 0.25) is 0 Å². The molecule has 2 aromatic carbocycles. The van der Waals surface area contributed by atoms with Crippen LogP contribution >= 0.6 is 0 Å². The van der Waals surface area contributed by atoms with Crippen molar-refractivity contribution in [3.63, 3.8) is 0 Å². The number of carbonyl (C=O) groups excluding carboxylic acids is 1. The third kappa shape index (κ3) is 6.12. The molecule has 0 radical (unpaired) electrons. The second-order valence-corrected chi connectivity index (χ2v) is 5.52. The zero-order valence-electron chi connectivity index (χ0n) is 15.3. The number of benzene rings is 2. The Morgan fingerprint density at radius 2 is 1.65 bits per heavy atom. The quantitative estimate of drug-likeness (QED) is 0.386. The maximum Gasteiger partial charge on any atom is 0.251 e. The predicted octanol–water partition coefficient (Wildman–Crippen LogP) is 2.18. The standard InChI is InChI=1S/C20H26N4O2/c1-3-26-18-12-8-7-11-17(18)15-24-20(21-2)23-14-13-22-19(25)16-9-5-4-6-10-16/h4-12H,3,13-15H2,1-2H3,(H,22,25)(H2,21,23,24). The van der Waals surface area contributed by atoms with Crippen molar-refractivity contribution in [3.05, 3.63) is 65.7 Å². The number of hydrogen-bond acceptors (Lipinski definition) is 3. The molecule has 0 saturated heterocycles. The first-order valence-corrected chi connectivity index (χ1v) is 8.73. The minimum absolute atomic E-state index is 0.0824. The van der Waals surface area contributed by atoms with Crippen LogP contribution in [0.4, 0.5) is 0 Å². The van der Waals surface area contributed by atoms with E-state index < -0.39 is 0 Å². The molecule has 0 unspecified atom stereocenters. The highest BCUT2D eigenvalue weighted by Gasteiger charge is 2.05. The zero-order chi connectivity index (χ0) is 18.6. The Labute approximate surface area is 154 Å². The van der Waals surface area contributed by atoms with Crippen LogP contribution in [-0.4, -0.2) is 38.6 Å². The first kappa shape index (κ1) is 19.3. The molecule has 0 heterocycles. The van der Waals surface area contributed by atoms with E-state index in [1.165, 1.54) is 0 Å². The van der Waals surface area contributed by atoms with Crippen molar-refractivity contribution in [1.82, 2.24) is 16.0 Å². The molecule has 0 fully saturated rings. The molecule has 2 rings (SSSR count). The van der Waals surface area contributed by atoms with Gasteiger partial charge in [0, 0.05) is 37.8 Å². The number of amides is 1. The summed E-state index contributed by atoms with van der Waals surface area (Å²) in [6.45, 7) is 4.28. The highest BCUT2D eigenvalue weighted by molar-refractivity contribution is 5.94. The van der Waals surface area contributed by atoms with Crippen LogP contribution in [-0.2, 0) is 6.54 Å². The number of ether oxygens (including phenoxy) is 1. The molecular formula is C20H26N4O2. The van der Waals surface area contributed by atoms with Gasteiger partial charge in [0.15, 0.2) is 5.96 Å². The largest absolute Gasteiger partial charge is 0.494 e. The molecule has 0 spiro atoms. The summed E-state index contributed by atoms with van der Waals surface area (Å²) in [6, 6.07) is 17.1. The molecule has 26 heavy (non-hydrogen) atoms. The number of rotatable bonds is 8. The van der Waals surface area contributed by atoms with Crippen molar-refractivity contribution in [2.24, 2.45) is 4.99 Å². The monoisotopic (exact) mass is 354 g/mol. The molecule has 0 aliphatic heterocycles. The smallest absolute Gasteiger partial charge is 0.251 e. The molecule has 2 aromatic rings. The number of aliphatic imine (C=N–C) groups is 1. The Morgan fingerprint density at radius 1 is 0.962 bits per heavy atom. The summed E-state index contributed by atoms with van der Waals surface area (Å²) >= 11 is 0. The fourth-order valence-corrected chi connectivity index (χ4v) is 2.39. The number of para-hydroxylation sites is 1. The summed E-state index contributed by atoms with van der Waals surface area (Å²) in [7, 11) is 1.71. The molecule has 1 amide bonds. The highest BCUT2D eigenvalue weighted by atomic mass is 16.5. The Balaban J connectivity index is 1.74. The maximum absolute atomic E-state index is 12.0. The molecule has 138 valence electrons. The van der Waals surface area contributed by atoms with Crippen LogP contribution in [0.5, 0.6) is 5.75 Å². The normalized spacial score (nSPS) is 10.9. The highest BCUT2D eigenvalue weighted by Crippen LogP contribution is 2.17. The van der Waals surface area contributed by atoms with Crippen LogP contribution in [0.25, 0.3) is 0 Å². The molecular weight excluding hydrogens is 328 g/mol. The van der Waals surface area contributed by atoms with Gasteiger partial charge in [0.05, 0.1) is 6.61 Å². The van der Waals surface area contributed by atoms with Crippen LogP contribution in [0.2, 0.25) is 0 Å². The van der Waals surface area contributed by atoms with Crippen LogP contribution in [0.1, 0.15) is 22.8 Å². The van der Waals surface area contributed by atoms with Gasteiger partial charge in [-0.15, -0.1) is 0 Å². The van der Waals surface area contributed by atoms with E-state index in [-0.39, 0.29) is 5.91 Å². The van der Waals surface area contributed by atoms with Gasteiger partial charge in [0.25, 0.3) is 5.91 Å². The van der Waals surface area contributed by atoms with Gasteiger partial charge in [-0.3, -0.25) is 9.79 Å². The van der Waals surface area contributed by atoms with Gasteiger partial charge in [-0.25, -0.2) is 0 Å². The average molecular weight is 354 g/mol. The van der Waals surface area contributed by atoms with Crippen LogP contribution in [0, 0.1) is 0 Å².